The third kappa shape index (κ3) is 13.0. The fourth-order valence-electron chi connectivity index (χ4n) is 6.60. The summed E-state index contributed by atoms with van der Waals surface area (Å²) in [4.78, 5) is 29.4. The van der Waals surface area contributed by atoms with Crippen LogP contribution >= 0.6 is 0 Å². The van der Waals surface area contributed by atoms with E-state index in [1.807, 2.05) is 89.5 Å². The summed E-state index contributed by atoms with van der Waals surface area (Å²) in [6, 6.07) is 24.7. The maximum absolute atomic E-state index is 10.6. The lowest BCUT2D eigenvalue weighted by Crippen LogP contribution is -2.12. The molecule has 0 saturated carbocycles. The molecule has 0 saturated heterocycles. The number of pyridine rings is 2. The molecule has 7 heteroatoms. The van der Waals surface area contributed by atoms with E-state index in [0.717, 1.165) is 45.8 Å². The molecule has 7 nitrogen and oxygen atoms in total. The molecule has 2 heterocycles. The van der Waals surface area contributed by atoms with Gasteiger partial charge in [0, 0.05) is 30.1 Å². The summed E-state index contributed by atoms with van der Waals surface area (Å²) in [5, 5.41) is 0. The van der Waals surface area contributed by atoms with Crippen molar-refractivity contribution in [3.63, 3.8) is 0 Å². The fourth-order valence-corrected chi connectivity index (χ4v) is 6.60. The molecule has 3 aromatic carbocycles. The maximum atomic E-state index is 10.6. The number of aliphatic imine (C=N–C) groups is 2. The number of rotatable bonds is 9. The fraction of sp³-hybridized carbons (Fsp3) is 0.354. The number of hydrogen-bond donors (Lipinski definition) is 2. The number of benzene rings is 3. The van der Waals surface area contributed by atoms with Gasteiger partial charge in [0.1, 0.15) is 0 Å². The normalized spacial score (nSPS) is 13.4. The first-order valence-corrected chi connectivity index (χ1v) is 19.1. The van der Waals surface area contributed by atoms with Crippen LogP contribution in [0.4, 0.5) is 0 Å². The van der Waals surface area contributed by atoms with Crippen LogP contribution in [0.15, 0.2) is 82.8 Å². The van der Waals surface area contributed by atoms with Crippen molar-refractivity contribution in [2.75, 3.05) is 0 Å². The summed E-state index contributed by atoms with van der Waals surface area (Å²) >= 11 is 0. The average Bonchev–Trinajstić information content (AvgIpc) is 3.11. The van der Waals surface area contributed by atoms with Crippen LogP contribution in [0.25, 0.3) is 0 Å². The minimum Gasteiger partial charge on any atom is -0.323 e. The lowest BCUT2D eigenvalue weighted by molar-refractivity contribution is 0.112. The van der Waals surface area contributed by atoms with Crippen LogP contribution in [0.1, 0.15) is 146 Å². The molecule has 0 aliphatic carbocycles. The number of nitrogens with two attached hydrogens (primary N) is 2. The van der Waals surface area contributed by atoms with Crippen LogP contribution in [0.3, 0.4) is 0 Å². The van der Waals surface area contributed by atoms with E-state index in [9.17, 15) is 4.79 Å². The van der Waals surface area contributed by atoms with Crippen molar-refractivity contribution in [1.82, 2.24) is 9.97 Å². The lowest BCUT2D eigenvalue weighted by Gasteiger charge is -2.12. The molecule has 0 amide bonds. The molecule has 4 atom stereocenters. The number of carbonyl (C=O) groups excluding carboxylic acids is 1. The number of aryl methyl sites for hydroxylation is 9. The van der Waals surface area contributed by atoms with Gasteiger partial charge in [0.25, 0.3) is 0 Å². The minimum atomic E-state index is -0.0244. The van der Waals surface area contributed by atoms with Gasteiger partial charge >= 0.3 is 0 Å². The molecule has 4 N–H and O–H groups in total. The molecule has 0 bridgehead atoms. The second-order valence-electron chi connectivity index (χ2n) is 15.0. The van der Waals surface area contributed by atoms with Crippen molar-refractivity contribution in [2.45, 2.75) is 114 Å². The maximum Gasteiger partial charge on any atom is 0.150 e. The summed E-state index contributed by atoms with van der Waals surface area (Å²) < 4.78 is 0. The number of hydrogen-bond acceptors (Lipinski definition) is 7. The van der Waals surface area contributed by atoms with E-state index in [1.54, 1.807) is 0 Å². The molecule has 4 unspecified atom stereocenters. The number of aromatic nitrogens is 2. The van der Waals surface area contributed by atoms with Gasteiger partial charge in [-0.05, 0) is 159 Å². The first-order chi connectivity index (χ1) is 25.9. The zero-order chi connectivity index (χ0) is 41.0. The van der Waals surface area contributed by atoms with Gasteiger partial charge in [0.15, 0.2) is 6.29 Å². The molecule has 0 aliphatic rings. The smallest absolute Gasteiger partial charge is 0.150 e. The van der Waals surface area contributed by atoms with Crippen LogP contribution in [-0.4, -0.2) is 28.7 Å². The Morgan fingerprint density at radius 3 is 1.04 bits per heavy atom. The van der Waals surface area contributed by atoms with Crippen molar-refractivity contribution in [3.05, 3.63) is 162 Å². The SMILES string of the molecule is CC(N)c1cccc(C(C)N)n1.Cc1cc(C)c(C=NC(C)c2cccc(C(C)N=Cc3c(C)cc(C)cc3C)n2)c(C)c1.Cc1cc(C)c(C=O)c(C)c1. The van der Waals surface area contributed by atoms with E-state index in [4.69, 9.17) is 26.4 Å². The molecule has 5 rings (SSSR count). The van der Waals surface area contributed by atoms with Crippen LogP contribution in [0.5, 0.6) is 0 Å². The summed E-state index contributed by atoms with van der Waals surface area (Å²) in [6.45, 7) is 26.8. The molecule has 0 radical (unpaired) electrons. The highest BCUT2D eigenvalue weighted by Gasteiger charge is 2.11. The van der Waals surface area contributed by atoms with Crippen molar-refractivity contribution in [2.24, 2.45) is 21.5 Å². The van der Waals surface area contributed by atoms with Crippen LogP contribution in [-0.2, 0) is 0 Å². The Balaban J connectivity index is 0.000000286. The zero-order valence-corrected chi connectivity index (χ0v) is 35.3. The Morgan fingerprint density at radius 1 is 0.473 bits per heavy atom. The third-order valence-electron chi connectivity index (χ3n) is 9.56. The highest BCUT2D eigenvalue weighted by molar-refractivity contribution is 5.84. The van der Waals surface area contributed by atoms with E-state index in [2.05, 4.69) is 90.7 Å². The predicted octanol–water partition coefficient (Wildman–Crippen LogP) is 10.8. The Kier molecular flexibility index (Phi) is 16.5. The first-order valence-electron chi connectivity index (χ1n) is 19.1. The van der Waals surface area contributed by atoms with Crippen molar-refractivity contribution in [1.29, 1.82) is 0 Å². The van der Waals surface area contributed by atoms with Gasteiger partial charge < -0.3 is 11.5 Å². The Labute approximate surface area is 330 Å². The first kappa shape index (κ1) is 44.3. The monoisotopic (exact) mass is 738 g/mol. The number of carbonyl (C=O) groups is 1. The van der Waals surface area contributed by atoms with Gasteiger partial charge in [0.2, 0.25) is 0 Å². The van der Waals surface area contributed by atoms with E-state index >= 15 is 0 Å². The summed E-state index contributed by atoms with van der Waals surface area (Å²) in [5.74, 6) is 0. The third-order valence-corrected chi connectivity index (χ3v) is 9.56. The molecule has 0 fully saturated rings. The quantitative estimate of drug-likeness (QED) is 0.115. The largest absolute Gasteiger partial charge is 0.323 e. The second kappa shape index (κ2) is 20.5. The van der Waals surface area contributed by atoms with Gasteiger partial charge in [-0.25, -0.2) is 0 Å². The van der Waals surface area contributed by atoms with Gasteiger partial charge in [0.05, 0.1) is 34.9 Å². The Morgan fingerprint density at radius 2 is 0.745 bits per heavy atom. The molecular weight excluding hydrogens is 677 g/mol. The van der Waals surface area contributed by atoms with Gasteiger partial charge in [-0.15, -0.1) is 0 Å². The predicted molar refractivity (Wildman–Crippen MR) is 233 cm³/mol. The van der Waals surface area contributed by atoms with Crippen molar-refractivity contribution >= 4 is 18.7 Å². The van der Waals surface area contributed by atoms with Crippen LogP contribution < -0.4 is 11.5 Å². The van der Waals surface area contributed by atoms with Gasteiger partial charge in [-0.1, -0.05) is 65.2 Å². The van der Waals surface area contributed by atoms with Crippen LogP contribution in [0.2, 0.25) is 0 Å². The van der Waals surface area contributed by atoms with Gasteiger partial charge in [-0.3, -0.25) is 24.7 Å². The Hall–Kier alpha value is -5.11. The second-order valence-corrected chi connectivity index (χ2v) is 15.0. The topological polar surface area (TPSA) is 120 Å². The summed E-state index contributed by atoms with van der Waals surface area (Å²) in [5.41, 5.74) is 29.2. The molecule has 5 aromatic rings. The minimum absolute atomic E-state index is 0.0205. The standard InChI is InChI=1S/C29H35N3.C10H12O.C9H15N3/c1-18-12-20(3)26(21(4)13-18)16-30-24(7)28-10-9-11-29(32-28)25(8)31-17-27-22(5)14-19(2)15-23(27)6;1-7-4-8(2)10(6-11)9(3)5-7;1-6(10)8-4-3-5-9(12-8)7(2)11/h9-17,24-25H,1-8H3;4-6H,1-3H3;3-7H,10-11H2,1-2H3. The number of aldehydes is 1. The van der Waals surface area contributed by atoms with Gasteiger partial charge in [-0.2, -0.15) is 0 Å². The summed E-state index contributed by atoms with van der Waals surface area (Å²) in [6.07, 6.45) is 4.91. The molecule has 55 heavy (non-hydrogen) atoms. The lowest BCUT2D eigenvalue weighted by atomic mass is 10.0. The molecule has 2 aromatic heterocycles. The van der Waals surface area contributed by atoms with E-state index in [-0.39, 0.29) is 24.2 Å². The molecule has 290 valence electrons. The molecule has 0 aliphatic heterocycles. The van der Waals surface area contributed by atoms with E-state index in [1.165, 1.54) is 50.1 Å². The van der Waals surface area contributed by atoms with E-state index in [0.29, 0.717) is 0 Å². The van der Waals surface area contributed by atoms with E-state index < -0.39 is 0 Å². The Bertz CT molecular complexity index is 1950. The molecular formula is C48H62N6O. The number of nitrogens with zero attached hydrogens (tertiary/aromatic N) is 4. The summed E-state index contributed by atoms with van der Waals surface area (Å²) in [7, 11) is 0. The zero-order valence-electron chi connectivity index (χ0n) is 35.3. The average molecular weight is 739 g/mol. The highest BCUT2D eigenvalue weighted by Crippen LogP contribution is 2.22. The highest BCUT2D eigenvalue weighted by atomic mass is 16.1. The molecule has 0 spiro atoms. The van der Waals surface area contributed by atoms with Crippen molar-refractivity contribution < 1.29 is 4.79 Å². The van der Waals surface area contributed by atoms with Crippen molar-refractivity contribution in [3.8, 4) is 0 Å². The van der Waals surface area contributed by atoms with Crippen LogP contribution in [0, 0.1) is 62.3 Å².